The van der Waals surface area contributed by atoms with Crippen LogP contribution in [0.25, 0.3) is 0 Å². The van der Waals surface area contributed by atoms with Gasteiger partial charge in [-0.05, 0) is 49.4 Å². The fourth-order valence-corrected chi connectivity index (χ4v) is 3.06. The quantitative estimate of drug-likeness (QED) is 0.873. The predicted octanol–water partition coefficient (Wildman–Crippen LogP) is 2.05. The summed E-state index contributed by atoms with van der Waals surface area (Å²) in [7, 11) is 0. The summed E-state index contributed by atoms with van der Waals surface area (Å²) in [4.78, 5) is 13.7. The summed E-state index contributed by atoms with van der Waals surface area (Å²) < 4.78 is 0. The number of hydrogen-bond acceptors (Lipinski definition) is 3. The van der Waals surface area contributed by atoms with E-state index < -0.39 is 0 Å². The first kappa shape index (κ1) is 13.7. The Morgan fingerprint density at radius 2 is 2.20 bits per heavy atom. The molecule has 0 radical (unpaired) electrons. The fraction of sp³-hybridized carbons (Fsp3) is 0.533. The number of nitrogens with one attached hydrogen (secondary N) is 1. The van der Waals surface area contributed by atoms with Crippen LogP contribution in [0.15, 0.2) is 18.2 Å². The molecule has 108 valence electrons. The normalized spacial score (nSPS) is 22.2. The van der Waals surface area contributed by atoms with Crippen molar-refractivity contribution in [1.82, 2.24) is 5.32 Å². The minimum Gasteiger partial charge on any atom is -0.368 e. The van der Waals surface area contributed by atoms with E-state index in [0.717, 1.165) is 42.2 Å². The molecule has 1 saturated heterocycles. The lowest BCUT2D eigenvalue weighted by Gasteiger charge is -2.27. The molecule has 3 rings (SSSR count). The molecule has 1 aromatic carbocycles. The number of hydrogen-bond donors (Lipinski definition) is 2. The van der Waals surface area contributed by atoms with Gasteiger partial charge in [0.25, 0.3) is 0 Å². The average molecular weight is 294 g/mol. The zero-order valence-electron chi connectivity index (χ0n) is 11.4. The van der Waals surface area contributed by atoms with Gasteiger partial charge in [0.15, 0.2) is 0 Å². The number of primary amides is 1. The Morgan fingerprint density at radius 3 is 2.90 bits per heavy atom. The van der Waals surface area contributed by atoms with E-state index in [1.807, 2.05) is 18.2 Å². The van der Waals surface area contributed by atoms with Gasteiger partial charge in [-0.15, -0.1) is 0 Å². The number of anilines is 1. The number of carbonyl (C=O) groups is 1. The number of rotatable bonds is 5. The van der Waals surface area contributed by atoms with Crippen LogP contribution in [0.1, 0.15) is 31.2 Å². The molecule has 5 heteroatoms. The molecule has 1 aliphatic heterocycles. The highest BCUT2D eigenvalue weighted by Crippen LogP contribution is 2.31. The molecule has 4 nitrogen and oxygen atoms in total. The van der Waals surface area contributed by atoms with Gasteiger partial charge in [0, 0.05) is 29.8 Å². The smallest absolute Gasteiger partial charge is 0.240 e. The summed E-state index contributed by atoms with van der Waals surface area (Å²) in [6.07, 6.45) is 4.35. The van der Waals surface area contributed by atoms with Crippen LogP contribution >= 0.6 is 11.6 Å². The Labute approximate surface area is 124 Å². The van der Waals surface area contributed by atoms with Gasteiger partial charge in [-0.2, -0.15) is 0 Å². The first-order chi connectivity index (χ1) is 9.65. The third-order valence-electron chi connectivity index (χ3n) is 4.09. The van der Waals surface area contributed by atoms with Crippen molar-refractivity contribution < 1.29 is 4.79 Å². The molecule has 1 aliphatic carbocycles. The first-order valence-corrected chi connectivity index (χ1v) is 7.61. The fourth-order valence-electron chi connectivity index (χ4n) is 2.87. The Balaban J connectivity index is 1.84. The monoisotopic (exact) mass is 293 g/mol. The van der Waals surface area contributed by atoms with Gasteiger partial charge < -0.3 is 16.0 Å². The number of carbonyl (C=O) groups excluding carboxylic acids is 1. The first-order valence-electron chi connectivity index (χ1n) is 7.23. The topological polar surface area (TPSA) is 58.4 Å². The molecule has 0 spiro atoms. The van der Waals surface area contributed by atoms with Crippen molar-refractivity contribution in [2.24, 2.45) is 5.73 Å². The van der Waals surface area contributed by atoms with Crippen molar-refractivity contribution in [2.75, 3.05) is 11.4 Å². The van der Waals surface area contributed by atoms with Crippen molar-refractivity contribution >= 4 is 23.2 Å². The summed E-state index contributed by atoms with van der Waals surface area (Å²) in [5, 5.41) is 4.24. The number of amides is 1. The van der Waals surface area contributed by atoms with Crippen molar-refractivity contribution in [3.63, 3.8) is 0 Å². The van der Waals surface area contributed by atoms with Gasteiger partial charge in [-0.25, -0.2) is 0 Å². The zero-order valence-corrected chi connectivity index (χ0v) is 12.2. The maximum absolute atomic E-state index is 11.6. The van der Waals surface area contributed by atoms with Crippen LogP contribution in [-0.4, -0.2) is 24.5 Å². The van der Waals surface area contributed by atoms with E-state index in [9.17, 15) is 4.79 Å². The number of nitrogens with two attached hydrogens (primary N) is 1. The maximum Gasteiger partial charge on any atom is 0.240 e. The Hall–Kier alpha value is -1.26. The molecule has 1 atom stereocenters. The summed E-state index contributed by atoms with van der Waals surface area (Å²) >= 11 is 6.12. The van der Waals surface area contributed by atoms with Crippen LogP contribution in [-0.2, 0) is 11.3 Å². The van der Waals surface area contributed by atoms with Gasteiger partial charge in [0.1, 0.15) is 6.04 Å². The Bertz CT molecular complexity index is 516. The second-order valence-corrected chi connectivity index (χ2v) is 6.12. The highest BCUT2D eigenvalue weighted by molar-refractivity contribution is 6.30. The van der Waals surface area contributed by atoms with Crippen LogP contribution < -0.4 is 16.0 Å². The van der Waals surface area contributed by atoms with Gasteiger partial charge >= 0.3 is 0 Å². The van der Waals surface area contributed by atoms with E-state index in [4.69, 9.17) is 17.3 Å². The predicted molar refractivity (Wildman–Crippen MR) is 80.9 cm³/mol. The molecular formula is C15H20ClN3O. The van der Waals surface area contributed by atoms with Crippen LogP contribution in [0.2, 0.25) is 5.02 Å². The largest absolute Gasteiger partial charge is 0.368 e. The van der Waals surface area contributed by atoms with Crippen LogP contribution in [0.5, 0.6) is 0 Å². The van der Waals surface area contributed by atoms with Crippen LogP contribution in [0.3, 0.4) is 0 Å². The van der Waals surface area contributed by atoms with E-state index in [0.29, 0.717) is 6.04 Å². The second-order valence-electron chi connectivity index (χ2n) is 5.68. The highest BCUT2D eigenvalue weighted by atomic mass is 35.5. The molecule has 3 N–H and O–H groups in total. The van der Waals surface area contributed by atoms with E-state index in [1.165, 1.54) is 12.8 Å². The number of benzene rings is 1. The van der Waals surface area contributed by atoms with E-state index in [1.54, 1.807) is 0 Å². The molecule has 2 aliphatic rings. The molecule has 0 bridgehead atoms. The van der Waals surface area contributed by atoms with Crippen molar-refractivity contribution in [2.45, 2.75) is 44.3 Å². The lowest BCUT2D eigenvalue weighted by molar-refractivity contribution is -0.119. The minimum absolute atomic E-state index is 0.184. The van der Waals surface area contributed by atoms with Gasteiger partial charge in [-0.3, -0.25) is 4.79 Å². The number of halogens is 1. The van der Waals surface area contributed by atoms with E-state index in [2.05, 4.69) is 10.2 Å². The molecule has 2 fully saturated rings. The summed E-state index contributed by atoms with van der Waals surface area (Å²) in [6.45, 7) is 1.67. The van der Waals surface area contributed by atoms with Crippen molar-refractivity contribution in [1.29, 1.82) is 0 Å². The van der Waals surface area contributed by atoms with Crippen molar-refractivity contribution in [3.8, 4) is 0 Å². The van der Waals surface area contributed by atoms with Gasteiger partial charge in [0.05, 0.1) is 0 Å². The Kier molecular flexibility index (Phi) is 3.85. The van der Waals surface area contributed by atoms with Crippen LogP contribution in [0.4, 0.5) is 5.69 Å². The Morgan fingerprint density at radius 1 is 1.40 bits per heavy atom. The van der Waals surface area contributed by atoms with Crippen LogP contribution in [0, 0.1) is 0 Å². The number of nitrogens with zero attached hydrogens (tertiary/aromatic N) is 1. The molecule has 1 aromatic rings. The van der Waals surface area contributed by atoms with E-state index >= 15 is 0 Å². The minimum atomic E-state index is -0.237. The molecule has 1 unspecified atom stereocenters. The average Bonchev–Trinajstić information content (AvgIpc) is 3.11. The molecule has 0 aromatic heterocycles. The lowest BCUT2D eigenvalue weighted by Crippen LogP contribution is -2.41. The molecular weight excluding hydrogens is 274 g/mol. The van der Waals surface area contributed by atoms with Crippen molar-refractivity contribution in [3.05, 3.63) is 28.8 Å². The third kappa shape index (κ3) is 2.91. The second kappa shape index (κ2) is 5.62. The SMILES string of the molecule is NC(=O)C1CCCN1c1ccc(Cl)cc1CNC1CC1. The van der Waals surface area contributed by atoms with E-state index in [-0.39, 0.29) is 11.9 Å². The molecule has 20 heavy (non-hydrogen) atoms. The maximum atomic E-state index is 11.6. The highest BCUT2D eigenvalue weighted by Gasteiger charge is 2.30. The lowest BCUT2D eigenvalue weighted by atomic mass is 10.1. The molecule has 1 saturated carbocycles. The summed E-state index contributed by atoms with van der Waals surface area (Å²) in [5.41, 5.74) is 7.75. The zero-order chi connectivity index (χ0) is 14.1. The van der Waals surface area contributed by atoms with Gasteiger partial charge in [-0.1, -0.05) is 11.6 Å². The standard InChI is InChI=1S/C15H20ClN3O/c16-11-3-6-13(10(8-11)9-18-12-4-5-12)19-7-1-2-14(19)15(17)20/h3,6,8,12,14,18H,1-2,4-5,7,9H2,(H2,17,20). The summed E-state index contributed by atoms with van der Waals surface area (Å²) in [6, 6.07) is 6.34. The summed E-state index contributed by atoms with van der Waals surface area (Å²) in [5.74, 6) is -0.237. The molecule has 1 amide bonds. The van der Waals surface area contributed by atoms with Gasteiger partial charge in [0.2, 0.25) is 5.91 Å². The third-order valence-corrected chi connectivity index (χ3v) is 4.33. The molecule has 1 heterocycles.